The quantitative estimate of drug-likeness (QED) is 0.820. The van der Waals surface area contributed by atoms with Crippen molar-refractivity contribution in [2.24, 2.45) is 0 Å². The van der Waals surface area contributed by atoms with Crippen molar-refractivity contribution >= 4 is 22.2 Å². The molecule has 1 fully saturated rings. The van der Waals surface area contributed by atoms with Gasteiger partial charge in [0.15, 0.2) is 0 Å². The van der Waals surface area contributed by atoms with E-state index in [9.17, 15) is 4.79 Å². The minimum Gasteiger partial charge on any atom is -0.390 e. The highest BCUT2D eigenvalue weighted by Crippen LogP contribution is 2.39. The number of thiophene rings is 1. The highest BCUT2D eigenvalue weighted by Gasteiger charge is 2.25. The smallest absolute Gasteiger partial charge is 0.255 e. The van der Waals surface area contributed by atoms with Crippen LogP contribution in [0.4, 0.5) is 5.00 Å². The number of benzene rings is 1. The molecule has 1 aromatic heterocycles. The Morgan fingerprint density at radius 1 is 1.17 bits per heavy atom. The lowest BCUT2D eigenvalue weighted by Crippen LogP contribution is -2.33. The molecule has 24 heavy (non-hydrogen) atoms. The Morgan fingerprint density at radius 2 is 1.83 bits per heavy atom. The summed E-state index contributed by atoms with van der Waals surface area (Å²) in [7, 11) is 0. The van der Waals surface area contributed by atoms with E-state index in [1.165, 1.54) is 23.3 Å². The van der Waals surface area contributed by atoms with Crippen molar-refractivity contribution in [2.45, 2.75) is 58.4 Å². The van der Waals surface area contributed by atoms with Crippen molar-refractivity contribution in [1.29, 1.82) is 0 Å². The number of amides is 1. The van der Waals surface area contributed by atoms with E-state index in [1.807, 2.05) is 0 Å². The Labute approximate surface area is 148 Å². The van der Waals surface area contributed by atoms with E-state index in [-0.39, 0.29) is 5.91 Å². The van der Waals surface area contributed by atoms with Crippen molar-refractivity contribution in [2.75, 3.05) is 5.73 Å². The normalized spacial score (nSPS) is 14.9. The average molecular weight is 343 g/mol. The number of hydrogen-bond donors (Lipinski definition) is 2. The maximum absolute atomic E-state index is 12.9. The standard InChI is InChI=1S/C20H26N2OS/c1-3-13-9-11-14(12-10-13)17-16(4-2)24-19(21)18(17)20(23)22-15-7-5-6-8-15/h9-12,15H,3-8,21H2,1-2H3,(H,22,23). The summed E-state index contributed by atoms with van der Waals surface area (Å²) >= 11 is 1.55. The van der Waals surface area contributed by atoms with E-state index in [1.54, 1.807) is 11.3 Å². The van der Waals surface area contributed by atoms with Gasteiger partial charge in [-0.15, -0.1) is 11.3 Å². The van der Waals surface area contributed by atoms with Gasteiger partial charge in [-0.2, -0.15) is 0 Å². The van der Waals surface area contributed by atoms with Gasteiger partial charge in [-0.25, -0.2) is 0 Å². The number of nitrogens with two attached hydrogens (primary N) is 1. The molecule has 3 nitrogen and oxygen atoms in total. The Bertz CT molecular complexity index is 712. The topological polar surface area (TPSA) is 55.1 Å². The number of hydrogen-bond acceptors (Lipinski definition) is 3. The molecule has 0 bridgehead atoms. The highest BCUT2D eigenvalue weighted by molar-refractivity contribution is 7.17. The summed E-state index contributed by atoms with van der Waals surface area (Å²) in [5.74, 6) is -0.00934. The first kappa shape index (κ1) is 17.0. The molecule has 0 aliphatic heterocycles. The molecule has 3 N–H and O–H groups in total. The van der Waals surface area contributed by atoms with Crippen molar-refractivity contribution in [3.8, 4) is 11.1 Å². The van der Waals surface area contributed by atoms with Crippen LogP contribution in [0.15, 0.2) is 24.3 Å². The molecule has 1 amide bonds. The lowest BCUT2D eigenvalue weighted by molar-refractivity contribution is 0.0940. The van der Waals surface area contributed by atoms with E-state index < -0.39 is 0 Å². The molecule has 1 aromatic carbocycles. The molecule has 1 saturated carbocycles. The van der Waals surface area contributed by atoms with Crippen LogP contribution in [0.5, 0.6) is 0 Å². The first-order valence-electron chi connectivity index (χ1n) is 8.95. The molecule has 1 heterocycles. The number of nitrogen functional groups attached to an aromatic ring is 1. The fraction of sp³-hybridized carbons (Fsp3) is 0.450. The van der Waals surface area contributed by atoms with Gasteiger partial charge in [-0.05, 0) is 36.8 Å². The lowest BCUT2D eigenvalue weighted by Gasteiger charge is -2.14. The molecule has 0 atom stereocenters. The zero-order chi connectivity index (χ0) is 17.1. The van der Waals surface area contributed by atoms with Crippen LogP contribution in [0.2, 0.25) is 0 Å². The van der Waals surface area contributed by atoms with Gasteiger partial charge in [-0.3, -0.25) is 4.79 Å². The van der Waals surface area contributed by atoms with Crippen molar-refractivity contribution in [1.82, 2.24) is 5.32 Å². The SMILES string of the molecule is CCc1ccc(-c2c(CC)sc(N)c2C(=O)NC2CCCC2)cc1. The molecular formula is C20H26N2OS. The molecule has 128 valence electrons. The lowest BCUT2D eigenvalue weighted by atomic mass is 9.98. The molecule has 0 unspecified atom stereocenters. The van der Waals surface area contributed by atoms with E-state index in [4.69, 9.17) is 5.73 Å². The molecular weight excluding hydrogens is 316 g/mol. The number of nitrogens with one attached hydrogen (secondary N) is 1. The van der Waals surface area contributed by atoms with Gasteiger partial charge in [0, 0.05) is 16.5 Å². The number of anilines is 1. The average Bonchev–Trinajstić information content (AvgIpc) is 3.22. The minimum absolute atomic E-state index is 0.00934. The first-order valence-corrected chi connectivity index (χ1v) is 9.77. The number of carbonyl (C=O) groups excluding carboxylic acids is 1. The highest BCUT2D eigenvalue weighted by atomic mass is 32.1. The fourth-order valence-electron chi connectivity index (χ4n) is 3.51. The van der Waals surface area contributed by atoms with Crippen LogP contribution in [0.25, 0.3) is 11.1 Å². The molecule has 0 saturated heterocycles. The largest absolute Gasteiger partial charge is 0.390 e. The third kappa shape index (κ3) is 3.34. The van der Waals surface area contributed by atoms with Crippen molar-refractivity contribution in [3.05, 3.63) is 40.3 Å². The molecule has 3 rings (SSSR count). The number of aryl methyl sites for hydroxylation is 2. The third-order valence-corrected chi connectivity index (χ3v) is 6.06. The predicted octanol–water partition coefficient (Wildman–Crippen LogP) is 4.79. The van der Waals surface area contributed by atoms with E-state index in [0.29, 0.717) is 16.6 Å². The third-order valence-electron chi connectivity index (χ3n) is 4.90. The van der Waals surface area contributed by atoms with Crippen LogP contribution in [-0.4, -0.2) is 11.9 Å². The van der Waals surface area contributed by atoms with Crippen LogP contribution in [-0.2, 0) is 12.8 Å². The molecule has 0 radical (unpaired) electrons. The van der Waals surface area contributed by atoms with Crippen LogP contribution in [0.1, 0.15) is 60.3 Å². The number of rotatable bonds is 5. The van der Waals surface area contributed by atoms with E-state index in [0.717, 1.165) is 36.8 Å². The first-order chi connectivity index (χ1) is 11.6. The Morgan fingerprint density at radius 3 is 2.42 bits per heavy atom. The molecule has 2 aromatic rings. The van der Waals surface area contributed by atoms with Gasteiger partial charge < -0.3 is 11.1 Å². The monoisotopic (exact) mass is 342 g/mol. The zero-order valence-electron chi connectivity index (χ0n) is 14.5. The summed E-state index contributed by atoms with van der Waals surface area (Å²) in [6.07, 6.45) is 6.47. The van der Waals surface area contributed by atoms with Gasteiger partial charge >= 0.3 is 0 Å². The van der Waals surface area contributed by atoms with Gasteiger partial charge in [0.2, 0.25) is 0 Å². The molecule has 1 aliphatic carbocycles. The van der Waals surface area contributed by atoms with Gasteiger partial charge in [0.05, 0.1) is 10.6 Å². The maximum Gasteiger partial charge on any atom is 0.255 e. The second kappa shape index (κ2) is 7.39. The summed E-state index contributed by atoms with van der Waals surface area (Å²) < 4.78 is 0. The summed E-state index contributed by atoms with van der Waals surface area (Å²) in [6.45, 7) is 4.27. The predicted molar refractivity (Wildman–Crippen MR) is 103 cm³/mol. The van der Waals surface area contributed by atoms with Crippen LogP contribution < -0.4 is 11.1 Å². The second-order valence-electron chi connectivity index (χ2n) is 6.50. The summed E-state index contributed by atoms with van der Waals surface area (Å²) in [5, 5.41) is 3.83. The van der Waals surface area contributed by atoms with Crippen molar-refractivity contribution in [3.63, 3.8) is 0 Å². The van der Waals surface area contributed by atoms with Gasteiger partial charge in [0.25, 0.3) is 5.91 Å². The van der Waals surface area contributed by atoms with Crippen LogP contribution in [0.3, 0.4) is 0 Å². The fourth-order valence-corrected chi connectivity index (χ4v) is 4.54. The molecule has 0 spiro atoms. The van der Waals surface area contributed by atoms with Crippen LogP contribution in [0, 0.1) is 0 Å². The Kier molecular flexibility index (Phi) is 5.24. The second-order valence-corrected chi connectivity index (χ2v) is 7.64. The maximum atomic E-state index is 12.9. The van der Waals surface area contributed by atoms with Gasteiger partial charge in [-0.1, -0.05) is 51.0 Å². The molecule has 1 aliphatic rings. The zero-order valence-corrected chi connectivity index (χ0v) is 15.3. The van der Waals surface area contributed by atoms with Crippen molar-refractivity contribution < 1.29 is 4.79 Å². The molecule has 4 heteroatoms. The minimum atomic E-state index is -0.00934. The summed E-state index contributed by atoms with van der Waals surface area (Å²) in [4.78, 5) is 14.1. The van der Waals surface area contributed by atoms with Crippen LogP contribution >= 0.6 is 11.3 Å². The summed E-state index contributed by atoms with van der Waals surface area (Å²) in [5.41, 5.74) is 10.3. The Balaban J connectivity index is 1.98. The summed E-state index contributed by atoms with van der Waals surface area (Å²) in [6, 6.07) is 8.82. The Hall–Kier alpha value is -1.81. The van der Waals surface area contributed by atoms with E-state index >= 15 is 0 Å². The number of carbonyl (C=O) groups is 1. The van der Waals surface area contributed by atoms with Gasteiger partial charge in [0.1, 0.15) is 0 Å². The van der Waals surface area contributed by atoms with E-state index in [2.05, 4.69) is 43.4 Å².